The fourth-order valence-corrected chi connectivity index (χ4v) is 3.30. The molecule has 1 saturated carbocycles. The van der Waals surface area contributed by atoms with Gasteiger partial charge in [0.15, 0.2) is 0 Å². The molecule has 0 heterocycles. The van der Waals surface area contributed by atoms with Crippen LogP contribution in [0.1, 0.15) is 56.6 Å². The van der Waals surface area contributed by atoms with E-state index in [0.29, 0.717) is 17.9 Å². The summed E-state index contributed by atoms with van der Waals surface area (Å²) in [4.78, 5) is 0. The van der Waals surface area contributed by atoms with Crippen molar-refractivity contribution < 1.29 is 0 Å². The van der Waals surface area contributed by atoms with Gasteiger partial charge in [-0.25, -0.2) is 0 Å². The van der Waals surface area contributed by atoms with Gasteiger partial charge in [0, 0.05) is 18.5 Å². The summed E-state index contributed by atoms with van der Waals surface area (Å²) in [5, 5.41) is 3.70. The van der Waals surface area contributed by atoms with Crippen LogP contribution in [0, 0.1) is 5.92 Å². The Morgan fingerprint density at radius 1 is 1.16 bits per heavy atom. The van der Waals surface area contributed by atoms with E-state index in [0.717, 1.165) is 12.4 Å². The van der Waals surface area contributed by atoms with E-state index in [9.17, 15) is 0 Å². The van der Waals surface area contributed by atoms with Gasteiger partial charge in [-0.15, -0.1) is 11.6 Å². The molecule has 0 radical (unpaired) electrons. The van der Waals surface area contributed by atoms with Crippen molar-refractivity contribution in [3.8, 4) is 0 Å². The van der Waals surface area contributed by atoms with Gasteiger partial charge in [-0.1, -0.05) is 51.0 Å². The van der Waals surface area contributed by atoms with Gasteiger partial charge in [-0.05, 0) is 35.8 Å². The Labute approximate surface area is 122 Å². The first kappa shape index (κ1) is 14.9. The molecule has 1 nitrogen and oxygen atoms in total. The molecule has 0 amide bonds. The molecule has 1 aromatic carbocycles. The molecule has 2 rings (SSSR count). The highest BCUT2D eigenvalue weighted by Gasteiger charge is 2.23. The zero-order valence-corrected chi connectivity index (χ0v) is 12.9. The van der Waals surface area contributed by atoms with E-state index < -0.39 is 0 Å². The van der Waals surface area contributed by atoms with Crippen LogP contribution in [0.2, 0.25) is 0 Å². The Hall–Kier alpha value is -0.530. The van der Waals surface area contributed by atoms with Crippen LogP contribution in [-0.2, 0) is 6.54 Å². The molecular formula is C17H26ClN. The van der Waals surface area contributed by atoms with Gasteiger partial charge in [0.1, 0.15) is 0 Å². The van der Waals surface area contributed by atoms with Gasteiger partial charge in [0.25, 0.3) is 0 Å². The highest BCUT2D eigenvalue weighted by atomic mass is 35.5. The lowest BCUT2D eigenvalue weighted by Crippen LogP contribution is -2.38. The highest BCUT2D eigenvalue weighted by Crippen LogP contribution is 2.25. The SMILES string of the molecule is CC(C)c1ccc(CNC2CCCCC2CCl)cc1. The zero-order valence-electron chi connectivity index (χ0n) is 12.2. The average Bonchev–Trinajstić information content (AvgIpc) is 2.45. The predicted molar refractivity (Wildman–Crippen MR) is 83.8 cm³/mol. The normalized spacial score (nSPS) is 23.8. The molecular weight excluding hydrogens is 254 g/mol. The summed E-state index contributed by atoms with van der Waals surface area (Å²) < 4.78 is 0. The van der Waals surface area contributed by atoms with Crippen LogP contribution < -0.4 is 5.32 Å². The Balaban J connectivity index is 1.87. The van der Waals surface area contributed by atoms with Crippen molar-refractivity contribution in [3.05, 3.63) is 35.4 Å². The molecule has 2 unspecified atom stereocenters. The first-order chi connectivity index (χ1) is 9.20. The average molecular weight is 280 g/mol. The molecule has 1 aromatic rings. The predicted octanol–water partition coefficient (Wildman–Crippen LogP) is 4.70. The lowest BCUT2D eigenvalue weighted by molar-refractivity contribution is 0.282. The Bertz CT molecular complexity index is 371. The number of rotatable bonds is 5. The van der Waals surface area contributed by atoms with Gasteiger partial charge < -0.3 is 5.32 Å². The topological polar surface area (TPSA) is 12.0 Å². The number of hydrogen-bond acceptors (Lipinski definition) is 1. The molecule has 2 heteroatoms. The van der Waals surface area contributed by atoms with E-state index in [-0.39, 0.29) is 0 Å². The highest BCUT2D eigenvalue weighted by molar-refractivity contribution is 6.18. The fraction of sp³-hybridized carbons (Fsp3) is 0.647. The van der Waals surface area contributed by atoms with Crippen molar-refractivity contribution in [2.75, 3.05) is 5.88 Å². The fourth-order valence-electron chi connectivity index (χ4n) is 2.93. The van der Waals surface area contributed by atoms with E-state index in [4.69, 9.17) is 11.6 Å². The smallest absolute Gasteiger partial charge is 0.0266 e. The van der Waals surface area contributed by atoms with Crippen LogP contribution >= 0.6 is 11.6 Å². The Morgan fingerprint density at radius 2 is 1.84 bits per heavy atom. The van der Waals surface area contributed by atoms with Crippen LogP contribution in [0.25, 0.3) is 0 Å². The quantitative estimate of drug-likeness (QED) is 0.771. The van der Waals surface area contributed by atoms with E-state index in [2.05, 4.69) is 43.4 Å². The van der Waals surface area contributed by atoms with Crippen molar-refractivity contribution >= 4 is 11.6 Å². The van der Waals surface area contributed by atoms with Crippen molar-refractivity contribution in [2.45, 2.75) is 58.0 Å². The second-order valence-corrected chi connectivity index (χ2v) is 6.39. The molecule has 1 aliphatic rings. The van der Waals surface area contributed by atoms with Crippen LogP contribution in [0.5, 0.6) is 0 Å². The van der Waals surface area contributed by atoms with Crippen LogP contribution in [0.4, 0.5) is 0 Å². The van der Waals surface area contributed by atoms with E-state index in [1.54, 1.807) is 0 Å². The molecule has 0 bridgehead atoms. The summed E-state index contributed by atoms with van der Waals surface area (Å²) >= 11 is 6.07. The number of benzene rings is 1. The van der Waals surface area contributed by atoms with Crippen molar-refractivity contribution in [1.29, 1.82) is 0 Å². The maximum Gasteiger partial charge on any atom is 0.0266 e. The molecule has 106 valence electrons. The minimum atomic E-state index is 0.607. The third-order valence-electron chi connectivity index (χ3n) is 4.32. The van der Waals surface area contributed by atoms with Gasteiger partial charge in [0.2, 0.25) is 0 Å². The maximum absolute atomic E-state index is 6.07. The Morgan fingerprint density at radius 3 is 2.47 bits per heavy atom. The van der Waals surface area contributed by atoms with E-state index in [1.165, 1.54) is 36.8 Å². The van der Waals surface area contributed by atoms with Crippen LogP contribution in [0.3, 0.4) is 0 Å². The Kier molecular flexibility index (Phi) is 5.72. The summed E-state index contributed by atoms with van der Waals surface area (Å²) in [5.41, 5.74) is 2.79. The van der Waals surface area contributed by atoms with E-state index in [1.807, 2.05) is 0 Å². The van der Waals surface area contributed by atoms with Crippen molar-refractivity contribution in [1.82, 2.24) is 5.32 Å². The lowest BCUT2D eigenvalue weighted by atomic mass is 9.85. The van der Waals surface area contributed by atoms with Crippen molar-refractivity contribution in [3.63, 3.8) is 0 Å². The minimum absolute atomic E-state index is 0.607. The monoisotopic (exact) mass is 279 g/mol. The molecule has 1 fully saturated rings. The van der Waals surface area contributed by atoms with Gasteiger partial charge in [-0.3, -0.25) is 0 Å². The molecule has 0 spiro atoms. The van der Waals surface area contributed by atoms with Crippen molar-refractivity contribution in [2.24, 2.45) is 5.92 Å². The first-order valence-corrected chi connectivity index (χ1v) is 8.12. The van der Waals surface area contributed by atoms with Gasteiger partial charge in [0.05, 0.1) is 0 Å². The summed E-state index contributed by atoms with van der Waals surface area (Å²) in [6.07, 6.45) is 5.25. The van der Waals surface area contributed by atoms with E-state index >= 15 is 0 Å². The molecule has 0 saturated heterocycles. The number of hydrogen-bond donors (Lipinski definition) is 1. The summed E-state index contributed by atoms with van der Waals surface area (Å²) in [7, 11) is 0. The lowest BCUT2D eigenvalue weighted by Gasteiger charge is -2.31. The summed E-state index contributed by atoms with van der Waals surface area (Å²) in [6, 6.07) is 9.61. The third kappa shape index (κ3) is 4.22. The largest absolute Gasteiger partial charge is 0.310 e. The minimum Gasteiger partial charge on any atom is -0.310 e. The number of halogens is 1. The van der Waals surface area contributed by atoms with Gasteiger partial charge in [-0.2, -0.15) is 0 Å². The molecule has 1 N–H and O–H groups in total. The van der Waals surface area contributed by atoms with Crippen LogP contribution in [0.15, 0.2) is 24.3 Å². The standard InChI is InChI=1S/C17H26ClN/c1-13(2)15-9-7-14(8-10-15)12-19-17-6-4-3-5-16(17)11-18/h7-10,13,16-17,19H,3-6,11-12H2,1-2H3. The molecule has 0 aliphatic heterocycles. The second-order valence-electron chi connectivity index (χ2n) is 6.08. The van der Waals surface area contributed by atoms with Gasteiger partial charge >= 0.3 is 0 Å². The molecule has 1 aliphatic carbocycles. The first-order valence-electron chi connectivity index (χ1n) is 7.59. The molecule has 0 aromatic heterocycles. The summed E-state index contributed by atoms with van der Waals surface area (Å²) in [5.74, 6) is 2.07. The second kappa shape index (κ2) is 7.31. The molecule has 2 atom stereocenters. The molecule has 19 heavy (non-hydrogen) atoms. The number of nitrogens with one attached hydrogen (secondary N) is 1. The third-order valence-corrected chi connectivity index (χ3v) is 4.72. The van der Waals surface area contributed by atoms with Crippen LogP contribution in [-0.4, -0.2) is 11.9 Å². The summed E-state index contributed by atoms with van der Waals surface area (Å²) in [6.45, 7) is 5.44. The maximum atomic E-state index is 6.07. The zero-order chi connectivity index (χ0) is 13.7. The number of alkyl halides is 1.